The molecule has 0 spiro atoms. The highest BCUT2D eigenvalue weighted by atomic mass is 35.5. The molecule has 0 aliphatic rings. The Morgan fingerprint density at radius 2 is 1.83 bits per heavy atom. The van der Waals surface area contributed by atoms with Crippen molar-refractivity contribution in [1.82, 2.24) is 14.7 Å². The van der Waals surface area contributed by atoms with E-state index >= 15 is 0 Å². The Balaban J connectivity index is 1.79. The average Bonchev–Trinajstić information content (AvgIpc) is 2.87. The van der Waals surface area contributed by atoms with Crippen molar-refractivity contribution >= 4 is 28.9 Å². The van der Waals surface area contributed by atoms with E-state index in [-0.39, 0.29) is 17.3 Å². The quantitative estimate of drug-likeness (QED) is 0.329. The molecule has 0 saturated carbocycles. The first-order valence-electron chi connectivity index (χ1n) is 11.5. The van der Waals surface area contributed by atoms with Gasteiger partial charge in [-0.15, -0.1) is 0 Å². The van der Waals surface area contributed by atoms with Crippen LogP contribution in [0.1, 0.15) is 28.4 Å². The molecule has 1 amide bonds. The first-order valence-corrected chi connectivity index (χ1v) is 11.9. The standard InChI is InChI=1S/C28H27ClN4O3/c1-5-32(4)27(34)20-8-6-10-22(15-20)31-26-25(36-24-13-12-18(2)19(3)14-24)17-30-33(28(26)35)23-11-7-9-21(29)16-23/h6-17,31H,5H2,1-4H3. The average molecular weight is 503 g/mol. The SMILES string of the molecule is CCN(C)C(=O)c1cccc(Nc2c(Oc3ccc(C)c(C)c3)cnn(-c3cccc(Cl)c3)c2=O)c1. The summed E-state index contributed by atoms with van der Waals surface area (Å²) < 4.78 is 7.36. The molecule has 0 aliphatic carbocycles. The summed E-state index contributed by atoms with van der Waals surface area (Å²) in [6.07, 6.45) is 1.49. The molecule has 4 aromatic rings. The smallest absolute Gasteiger partial charge is 0.299 e. The number of hydrogen-bond acceptors (Lipinski definition) is 5. The van der Waals surface area contributed by atoms with Crippen molar-refractivity contribution < 1.29 is 9.53 Å². The third-order valence-corrected chi connectivity index (χ3v) is 6.14. The van der Waals surface area contributed by atoms with Crippen LogP contribution in [0, 0.1) is 13.8 Å². The van der Waals surface area contributed by atoms with E-state index < -0.39 is 5.56 Å². The molecule has 4 rings (SSSR count). The second kappa shape index (κ2) is 10.7. The summed E-state index contributed by atoms with van der Waals surface area (Å²) in [4.78, 5) is 27.9. The largest absolute Gasteiger partial charge is 0.453 e. The molecule has 0 radical (unpaired) electrons. The summed E-state index contributed by atoms with van der Waals surface area (Å²) in [5.41, 5.74) is 3.53. The second-order valence-electron chi connectivity index (χ2n) is 8.45. The van der Waals surface area contributed by atoms with Gasteiger partial charge >= 0.3 is 0 Å². The Bertz CT molecular complexity index is 1480. The zero-order valence-electron chi connectivity index (χ0n) is 20.6. The molecule has 0 unspecified atom stereocenters. The minimum atomic E-state index is -0.430. The molecule has 1 N–H and O–H groups in total. The lowest BCUT2D eigenvalue weighted by molar-refractivity contribution is 0.0802. The van der Waals surface area contributed by atoms with E-state index in [1.54, 1.807) is 60.5 Å². The maximum Gasteiger partial charge on any atom is 0.299 e. The fourth-order valence-electron chi connectivity index (χ4n) is 3.57. The van der Waals surface area contributed by atoms with Crippen LogP contribution in [0.5, 0.6) is 11.5 Å². The van der Waals surface area contributed by atoms with Crippen LogP contribution in [-0.4, -0.2) is 34.2 Å². The molecule has 8 heteroatoms. The van der Waals surface area contributed by atoms with Gasteiger partial charge in [-0.3, -0.25) is 9.59 Å². The number of hydrogen-bond donors (Lipinski definition) is 1. The Labute approximate surface area is 214 Å². The highest BCUT2D eigenvalue weighted by molar-refractivity contribution is 6.30. The first kappa shape index (κ1) is 25.0. The van der Waals surface area contributed by atoms with Crippen LogP contribution in [0.15, 0.2) is 77.7 Å². The summed E-state index contributed by atoms with van der Waals surface area (Å²) >= 11 is 6.15. The molecule has 0 saturated heterocycles. The van der Waals surface area contributed by atoms with E-state index in [0.29, 0.717) is 34.3 Å². The number of carbonyl (C=O) groups is 1. The number of aromatic nitrogens is 2. The van der Waals surface area contributed by atoms with Crippen molar-refractivity contribution in [2.45, 2.75) is 20.8 Å². The number of ether oxygens (including phenoxy) is 1. The van der Waals surface area contributed by atoms with Crippen LogP contribution >= 0.6 is 11.6 Å². The number of halogens is 1. The zero-order valence-corrected chi connectivity index (χ0v) is 21.3. The second-order valence-corrected chi connectivity index (χ2v) is 8.89. The predicted octanol–water partition coefficient (Wildman–Crippen LogP) is 6.13. The van der Waals surface area contributed by atoms with Crippen molar-refractivity contribution in [2.75, 3.05) is 18.9 Å². The van der Waals surface area contributed by atoms with E-state index in [1.807, 2.05) is 39.0 Å². The molecule has 36 heavy (non-hydrogen) atoms. The van der Waals surface area contributed by atoms with Gasteiger partial charge in [0, 0.05) is 29.9 Å². The van der Waals surface area contributed by atoms with Gasteiger partial charge in [0.15, 0.2) is 11.4 Å². The molecule has 184 valence electrons. The van der Waals surface area contributed by atoms with Gasteiger partial charge in [-0.1, -0.05) is 29.8 Å². The number of nitrogens with zero attached hydrogens (tertiary/aromatic N) is 3. The summed E-state index contributed by atoms with van der Waals surface area (Å²) in [5.74, 6) is 0.721. The molecule has 0 atom stereocenters. The van der Waals surface area contributed by atoms with Crippen LogP contribution in [0.3, 0.4) is 0 Å². The number of anilines is 2. The monoisotopic (exact) mass is 502 g/mol. The van der Waals surface area contributed by atoms with Crippen LogP contribution in [0.2, 0.25) is 5.02 Å². The lowest BCUT2D eigenvalue weighted by Crippen LogP contribution is -2.26. The van der Waals surface area contributed by atoms with Gasteiger partial charge in [-0.25, -0.2) is 0 Å². The number of rotatable bonds is 7. The number of aryl methyl sites for hydroxylation is 2. The van der Waals surface area contributed by atoms with Crippen molar-refractivity contribution in [1.29, 1.82) is 0 Å². The molecular weight excluding hydrogens is 476 g/mol. The molecule has 0 fully saturated rings. The third kappa shape index (κ3) is 5.42. The summed E-state index contributed by atoms with van der Waals surface area (Å²) in [7, 11) is 1.74. The van der Waals surface area contributed by atoms with Gasteiger partial charge < -0.3 is 15.0 Å². The van der Waals surface area contributed by atoms with E-state index in [4.69, 9.17) is 16.3 Å². The molecule has 0 bridgehead atoms. The Kier molecular flexibility index (Phi) is 7.41. The molecule has 7 nitrogen and oxygen atoms in total. The van der Waals surface area contributed by atoms with Crippen LogP contribution in [0.25, 0.3) is 5.69 Å². The lowest BCUT2D eigenvalue weighted by Gasteiger charge is -2.17. The fraction of sp³-hybridized carbons (Fsp3) is 0.179. The van der Waals surface area contributed by atoms with Crippen LogP contribution in [-0.2, 0) is 0 Å². The van der Waals surface area contributed by atoms with Gasteiger partial charge in [-0.05, 0) is 80.4 Å². The highest BCUT2D eigenvalue weighted by Gasteiger charge is 2.17. The molecular formula is C28H27ClN4O3. The summed E-state index contributed by atoms with van der Waals surface area (Å²) in [6, 6.07) is 19.6. The van der Waals surface area contributed by atoms with Gasteiger partial charge in [-0.2, -0.15) is 9.78 Å². The van der Waals surface area contributed by atoms with Crippen molar-refractivity contribution in [2.24, 2.45) is 0 Å². The van der Waals surface area contributed by atoms with Crippen LogP contribution < -0.4 is 15.6 Å². The molecule has 0 aliphatic heterocycles. The molecule has 1 heterocycles. The predicted molar refractivity (Wildman–Crippen MR) is 143 cm³/mol. The van der Waals surface area contributed by atoms with E-state index in [1.165, 1.54) is 10.9 Å². The Morgan fingerprint density at radius 3 is 2.56 bits per heavy atom. The first-order chi connectivity index (χ1) is 17.3. The summed E-state index contributed by atoms with van der Waals surface area (Å²) in [5, 5.41) is 7.97. The van der Waals surface area contributed by atoms with Crippen molar-refractivity contribution in [3.8, 4) is 17.2 Å². The normalized spacial score (nSPS) is 10.7. The van der Waals surface area contributed by atoms with E-state index in [0.717, 1.165) is 11.1 Å². The van der Waals surface area contributed by atoms with Gasteiger partial charge in [0.2, 0.25) is 0 Å². The van der Waals surface area contributed by atoms with E-state index in [2.05, 4.69) is 10.4 Å². The Hall–Kier alpha value is -4.10. The summed E-state index contributed by atoms with van der Waals surface area (Å²) in [6.45, 7) is 6.50. The van der Waals surface area contributed by atoms with Gasteiger partial charge in [0.05, 0.1) is 11.9 Å². The minimum Gasteiger partial charge on any atom is -0.453 e. The third-order valence-electron chi connectivity index (χ3n) is 5.90. The fourth-order valence-corrected chi connectivity index (χ4v) is 3.75. The minimum absolute atomic E-state index is 0.112. The maximum absolute atomic E-state index is 13.6. The number of carbonyl (C=O) groups excluding carboxylic acids is 1. The van der Waals surface area contributed by atoms with Gasteiger partial charge in [0.25, 0.3) is 11.5 Å². The number of nitrogens with one attached hydrogen (secondary N) is 1. The van der Waals surface area contributed by atoms with Crippen LogP contribution in [0.4, 0.5) is 11.4 Å². The number of benzene rings is 3. The molecule has 3 aromatic carbocycles. The van der Waals surface area contributed by atoms with E-state index in [9.17, 15) is 9.59 Å². The molecule has 1 aromatic heterocycles. The topological polar surface area (TPSA) is 76.5 Å². The lowest BCUT2D eigenvalue weighted by atomic mass is 10.1. The Morgan fingerprint density at radius 1 is 1.06 bits per heavy atom. The number of amides is 1. The van der Waals surface area contributed by atoms with Crippen molar-refractivity contribution in [3.05, 3.63) is 105 Å². The zero-order chi connectivity index (χ0) is 25.8. The maximum atomic E-state index is 13.6. The van der Waals surface area contributed by atoms with Gasteiger partial charge in [0.1, 0.15) is 5.75 Å². The van der Waals surface area contributed by atoms with Crippen molar-refractivity contribution in [3.63, 3.8) is 0 Å². The highest BCUT2D eigenvalue weighted by Crippen LogP contribution is 2.30.